The summed E-state index contributed by atoms with van der Waals surface area (Å²) in [4.78, 5) is 26.3. The van der Waals surface area contributed by atoms with E-state index in [1.165, 1.54) is 0 Å². The fourth-order valence-electron chi connectivity index (χ4n) is 5.32. The molecular weight excluding hydrogens is 470 g/mol. The molecule has 1 fully saturated rings. The molecule has 0 aliphatic carbocycles. The van der Waals surface area contributed by atoms with Crippen molar-refractivity contribution in [2.24, 2.45) is 5.73 Å². The van der Waals surface area contributed by atoms with Crippen molar-refractivity contribution in [2.75, 3.05) is 46.6 Å². The van der Waals surface area contributed by atoms with Crippen LogP contribution in [-0.4, -0.2) is 78.3 Å². The summed E-state index contributed by atoms with van der Waals surface area (Å²) >= 11 is 0. The molecule has 2 aliphatic heterocycles. The maximum Gasteiger partial charge on any atom is 0.236 e. The van der Waals surface area contributed by atoms with Crippen molar-refractivity contribution in [3.05, 3.63) is 42.0 Å². The van der Waals surface area contributed by atoms with Crippen LogP contribution < -0.4 is 19.9 Å². The van der Waals surface area contributed by atoms with Gasteiger partial charge in [-0.05, 0) is 74.8 Å². The van der Waals surface area contributed by atoms with E-state index in [2.05, 4.69) is 33.9 Å². The third-order valence-electron chi connectivity index (χ3n) is 7.41. The molecule has 1 amide bonds. The maximum absolute atomic E-state index is 13.5. The first-order valence-electron chi connectivity index (χ1n) is 13.6. The third-order valence-corrected chi connectivity index (χ3v) is 7.41. The Morgan fingerprint density at radius 2 is 2.11 bits per heavy atom. The van der Waals surface area contributed by atoms with Gasteiger partial charge in [-0.1, -0.05) is 13.3 Å². The van der Waals surface area contributed by atoms with Crippen molar-refractivity contribution in [3.8, 4) is 17.2 Å². The zero-order valence-corrected chi connectivity index (χ0v) is 22.2. The monoisotopic (exact) mass is 511 g/mol. The summed E-state index contributed by atoms with van der Waals surface area (Å²) in [6.45, 7) is 5.86. The minimum Gasteiger partial charge on any atom is -0.493 e. The summed E-state index contributed by atoms with van der Waals surface area (Å²) < 4.78 is 16.9. The van der Waals surface area contributed by atoms with Gasteiger partial charge in [0.15, 0.2) is 11.5 Å². The third kappa shape index (κ3) is 7.11. The van der Waals surface area contributed by atoms with E-state index in [1.807, 2.05) is 11.0 Å². The first-order chi connectivity index (χ1) is 18.1. The van der Waals surface area contributed by atoms with E-state index in [0.717, 1.165) is 81.6 Å². The Bertz CT molecular complexity index is 1010. The summed E-state index contributed by atoms with van der Waals surface area (Å²) in [5.41, 5.74) is 7.89. The molecule has 202 valence electrons. The van der Waals surface area contributed by atoms with Crippen molar-refractivity contribution >= 4 is 5.91 Å². The van der Waals surface area contributed by atoms with Gasteiger partial charge in [0.1, 0.15) is 6.33 Å². The number of hydrogen-bond acceptors (Lipinski definition) is 8. The highest BCUT2D eigenvalue weighted by atomic mass is 16.7. The molecule has 1 aromatic carbocycles. The number of methoxy groups -OCH3 is 1. The molecule has 0 spiro atoms. The minimum atomic E-state index is 0.208. The second-order valence-corrected chi connectivity index (χ2v) is 9.94. The van der Waals surface area contributed by atoms with E-state index in [9.17, 15) is 4.79 Å². The summed E-state index contributed by atoms with van der Waals surface area (Å²) in [5, 5.41) is 0. The Balaban J connectivity index is 1.49. The lowest BCUT2D eigenvalue weighted by atomic mass is 9.94. The van der Waals surface area contributed by atoms with Crippen molar-refractivity contribution in [1.82, 2.24) is 19.8 Å². The molecular formula is C28H41N5O4. The molecule has 0 radical (unpaired) electrons. The average Bonchev–Trinajstić information content (AvgIpc) is 3.56. The molecule has 3 heterocycles. The van der Waals surface area contributed by atoms with Gasteiger partial charge in [0, 0.05) is 37.6 Å². The minimum absolute atomic E-state index is 0.208. The van der Waals surface area contributed by atoms with Gasteiger partial charge in [-0.15, -0.1) is 0 Å². The Morgan fingerprint density at radius 1 is 1.24 bits per heavy atom. The zero-order valence-electron chi connectivity index (χ0n) is 22.2. The lowest BCUT2D eigenvalue weighted by molar-refractivity contribution is -0.132. The number of carbonyl (C=O) groups excluding carboxylic acids is 1. The second-order valence-electron chi connectivity index (χ2n) is 9.94. The SMILES string of the molecule is CCCCN(CCCCN)C(=O)CN1C[C@H](c2cc(OC)c3c(c2)OCO3)C[C@@H]1CCc1ccncn1. The fraction of sp³-hybridized carbons (Fsp3) is 0.607. The molecule has 1 aromatic heterocycles. The highest BCUT2D eigenvalue weighted by Gasteiger charge is 2.36. The molecule has 0 saturated carbocycles. The molecule has 4 rings (SSSR count). The Kier molecular flexibility index (Phi) is 9.96. The summed E-state index contributed by atoms with van der Waals surface area (Å²) in [5.74, 6) is 2.57. The number of ether oxygens (including phenoxy) is 3. The van der Waals surface area contributed by atoms with Gasteiger partial charge in [-0.25, -0.2) is 9.97 Å². The molecule has 9 heteroatoms. The van der Waals surface area contributed by atoms with Crippen LogP contribution >= 0.6 is 0 Å². The van der Waals surface area contributed by atoms with E-state index in [-0.39, 0.29) is 24.7 Å². The fourth-order valence-corrected chi connectivity index (χ4v) is 5.32. The Morgan fingerprint density at radius 3 is 2.86 bits per heavy atom. The Labute approximate surface area is 220 Å². The predicted octanol–water partition coefficient (Wildman–Crippen LogP) is 3.37. The zero-order chi connectivity index (χ0) is 26.0. The van der Waals surface area contributed by atoms with Crippen LogP contribution in [0.25, 0.3) is 0 Å². The number of nitrogens with two attached hydrogens (primary N) is 1. The normalized spacial score (nSPS) is 18.8. The number of aryl methyl sites for hydroxylation is 1. The summed E-state index contributed by atoms with van der Waals surface area (Å²) in [6.07, 6.45) is 10.1. The van der Waals surface area contributed by atoms with Crippen LogP contribution in [-0.2, 0) is 11.2 Å². The number of nitrogens with zero attached hydrogens (tertiary/aromatic N) is 4. The molecule has 0 unspecified atom stereocenters. The van der Waals surface area contributed by atoms with Crippen LogP contribution in [0, 0.1) is 0 Å². The van der Waals surface area contributed by atoms with Gasteiger partial charge in [0.25, 0.3) is 0 Å². The first-order valence-corrected chi connectivity index (χ1v) is 13.6. The molecule has 2 aromatic rings. The van der Waals surface area contributed by atoms with E-state index in [1.54, 1.807) is 19.6 Å². The second kappa shape index (κ2) is 13.6. The molecule has 0 bridgehead atoms. The van der Waals surface area contributed by atoms with Crippen molar-refractivity contribution < 1.29 is 19.0 Å². The van der Waals surface area contributed by atoms with Gasteiger partial charge in [-0.2, -0.15) is 0 Å². The first kappa shape index (κ1) is 27.1. The van der Waals surface area contributed by atoms with E-state index < -0.39 is 0 Å². The number of carbonyl (C=O) groups is 1. The smallest absolute Gasteiger partial charge is 0.236 e. The van der Waals surface area contributed by atoms with Crippen LogP contribution in [0.15, 0.2) is 30.7 Å². The lowest BCUT2D eigenvalue weighted by Crippen LogP contribution is -2.43. The van der Waals surface area contributed by atoms with E-state index >= 15 is 0 Å². The van der Waals surface area contributed by atoms with Crippen LogP contribution in [0.2, 0.25) is 0 Å². The van der Waals surface area contributed by atoms with Crippen molar-refractivity contribution in [3.63, 3.8) is 0 Å². The Hall–Kier alpha value is -2.91. The maximum atomic E-state index is 13.5. The molecule has 2 atom stereocenters. The number of likely N-dealkylation sites (tertiary alicyclic amines) is 1. The van der Waals surface area contributed by atoms with Gasteiger partial charge < -0.3 is 24.8 Å². The summed E-state index contributed by atoms with van der Waals surface area (Å²) in [6, 6.07) is 6.38. The van der Waals surface area contributed by atoms with E-state index in [0.29, 0.717) is 24.6 Å². The van der Waals surface area contributed by atoms with Crippen LogP contribution in [0.1, 0.15) is 62.6 Å². The van der Waals surface area contributed by atoms with Crippen LogP contribution in [0.3, 0.4) is 0 Å². The number of fused-ring (bicyclic) bond motifs is 1. The van der Waals surface area contributed by atoms with Crippen molar-refractivity contribution in [1.29, 1.82) is 0 Å². The quantitative estimate of drug-likeness (QED) is 0.385. The number of unbranched alkanes of at least 4 members (excludes halogenated alkanes) is 2. The molecule has 2 N–H and O–H groups in total. The van der Waals surface area contributed by atoms with Gasteiger partial charge in [0.2, 0.25) is 18.4 Å². The number of hydrogen-bond donors (Lipinski definition) is 1. The van der Waals surface area contributed by atoms with Crippen LogP contribution in [0.5, 0.6) is 17.2 Å². The predicted molar refractivity (Wildman–Crippen MR) is 142 cm³/mol. The van der Waals surface area contributed by atoms with Gasteiger partial charge >= 0.3 is 0 Å². The topological polar surface area (TPSA) is 103 Å². The standard InChI is InChI=1S/C28H41N5O4/c1-3-4-12-32(13-6-5-10-29)27(34)18-33-17-22(14-24(33)8-7-23-9-11-30-19-31-23)21-15-25(35-2)28-26(16-21)36-20-37-28/h9,11,15-16,19,22,24H,3-8,10,12-14,17-18,20,29H2,1-2H3/t22-,24+/m1/s1. The molecule has 1 saturated heterocycles. The van der Waals surface area contributed by atoms with Crippen LogP contribution in [0.4, 0.5) is 0 Å². The van der Waals surface area contributed by atoms with Gasteiger partial charge in [0.05, 0.1) is 13.7 Å². The molecule has 2 aliphatic rings. The number of aromatic nitrogens is 2. The number of amides is 1. The number of benzene rings is 1. The highest BCUT2D eigenvalue weighted by Crippen LogP contribution is 2.45. The van der Waals surface area contributed by atoms with E-state index in [4.69, 9.17) is 19.9 Å². The molecule has 37 heavy (non-hydrogen) atoms. The summed E-state index contributed by atoms with van der Waals surface area (Å²) in [7, 11) is 1.65. The van der Waals surface area contributed by atoms with Crippen molar-refractivity contribution in [2.45, 2.75) is 63.8 Å². The average molecular weight is 512 g/mol. The molecule has 9 nitrogen and oxygen atoms in total. The number of rotatable bonds is 14. The largest absolute Gasteiger partial charge is 0.493 e. The van der Waals surface area contributed by atoms with Gasteiger partial charge in [-0.3, -0.25) is 9.69 Å². The highest BCUT2D eigenvalue weighted by molar-refractivity contribution is 5.78. The lowest BCUT2D eigenvalue weighted by Gasteiger charge is -2.28.